The van der Waals surface area contributed by atoms with Gasteiger partial charge in [-0.25, -0.2) is 0 Å². The SMILES string of the molecule is CC(C)c1ccnc(-c2[c-]c3cc(-c4ccccc4)oc3c(-c3ccccc3)c2)c1.[2H]C([2H])([2H])c1ccc(-c2[c-]cccc2)nc1.[Ir]. The zero-order chi connectivity index (χ0) is 32.1. The molecule has 4 heteroatoms. The van der Waals surface area contributed by atoms with Crippen LogP contribution >= 0.6 is 0 Å². The van der Waals surface area contributed by atoms with E-state index in [0.717, 1.165) is 55.9 Å². The molecule has 0 aliphatic heterocycles. The molecule has 3 heterocycles. The summed E-state index contributed by atoms with van der Waals surface area (Å²) >= 11 is 0. The molecule has 1 radical (unpaired) electrons. The molecule has 0 saturated heterocycles. The Kier molecular flexibility index (Phi) is 8.72. The summed E-state index contributed by atoms with van der Waals surface area (Å²) in [5.41, 5.74) is 9.11. The van der Waals surface area contributed by atoms with E-state index in [1.165, 1.54) is 11.8 Å². The average molecular weight is 752 g/mol. The number of pyridine rings is 2. The van der Waals surface area contributed by atoms with E-state index in [1.807, 2.05) is 48.7 Å². The van der Waals surface area contributed by atoms with Crippen LogP contribution in [0.2, 0.25) is 0 Å². The van der Waals surface area contributed by atoms with Crippen molar-refractivity contribution in [3.8, 4) is 45.0 Å². The molecule has 7 rings (SSSR count). The fourth-order valence-corrected chi connectivity index (χ4v) is 4.85. The first kappa shape index (κ1) is 27.0. The second kappa shape index (κ2) is 14.2. The molecule has 44 heavy (non-hydrogen) atoms. The monoisotopic (exact) mass is 752 g/mol. The molecule has 0 aliphatic carbocycles. The first-order chi connectivity index (χ1) is 22.3. The second-order valence-corrected chi connectivity index (χ2v) is 10.5. The van der Waals surface area contributed by atoms with Gasteiger partial charge in [0, 0.05) is 47.9 Å². The Balaban J connectivity index is 0.000000217. The molecule has 0 amide bonds. The third kappa shape index (κ3) is 7.11. The van der Waals surface area contributed by atoms with E-state index in [9.17, 15) is 0 Å². The third-order valence-corrected chi connectivity index (χ3v) is 7.15. The summed E-state index contributed by atoms with van der Waals surface area (Å²) in [5, 5.41) is 0.960. The van der Waals surface area contributed by atoms with Gasteiger partial charge >= 0.3 is 0 Å². The number of hydrogen-bond donors (Lipinski definition) is 0. The normalized spacial score (nSPS) is 11.9. The predicted molar refractivity (Wildman–Crippen MR) is 176 cm³/mol. The van der Waals surface area contributed by atoms with Gasteiger partial charge in [-0.1, -0.05) is 110 Å². The summed E-state index contributed by atoms with van der Waals surface area (Å²) in [7, 11) is 0. The molecule has 0 unspecified atom stereocenters. The van der Waals surface area contributed by atoms with Crippen molar-refractivity contribution in [3.63, 3.8) is 0 Å². The van der Waals surface area contributed by atoms with Crippen LogP contribution in [0.25, 0.3) is 55.9 Å². The molecule has 0 N–H and O–H groups in total. The molecule has 0 bridgehead atoms. The van der Waals surface area contributed by atoms with E-state index in [0.29, 0.717) is 5.92 Å². The van der Waals surface area contributed by atoms with Crippen LogP contribution in [0.4, 0.5) is 0 Å². The van der Waals surface area contributed by atoms with Crippen LogP contribution in [0.15, 0.2) is 138 Å². The van der Waals surface area contributed by atoms with Crippen molar-refractivity contribution in [3.05, 3.63) is 157 Å². The maximum Gasteiger partial charge on any atom is 0.0914 e. The van der Waals surface area contributed by atoms with E-state index in [2.05, 4.69) is 96.6 Å². The van der Waals surface area contributed by atoms with Crippen LogP contribution in [-0.2, 0) is 20.1 Å². The summed E-state index contributed by atoms with van der Waals surface area (Å²) < 4.78 is 28.0. The van der Waals surface area contributed by atoms with Crippen molar-refractivity contribution >= 4 is 11.0 Å². The summed E-state index contributed by atoms with van der Waals surface area (Å²) in [6, 6.07) is 46.3. The molecule has 0 aliphatic rings. The van der Waals surface area contributed by atoms with Gasteiger partial charge < -0.3 is 9.40 Å². The molecular weight excluding hydrogens is 717 g/mol. The third-order valence-electron chi connectivity index (χ3n) is 7.15. The Bertz CT molecular complexity index is 2040. The maximum absolute atomic E-state index is 7.23. The minimum absolute atomic E-state index is 0. The predicted octanol–water partition coefficient (Wildman–Crippen LogP) is 10.6. The Morgan fingerprint density at radius 2 is 1.48 bits per heavy atom. The maximum atomic E-state index is 7.23. The summed E-state index contributed by atoms with van der Waals surface area (Å²) in [5.74, 6) is 1.29. The molecule has 3 nitrogen and oxygen atoms in total. The van der Waals surface area contributed by atoms with Gasteiger partial charge in [-0.05, 0) is 46.8 Å². The zero-order valence-corrected chi connectivity index (χ0v) is 26.8. The summed E-state index contributed by atoms with van der Waals surface area (Å²) in [6.45, 7) is 2.30. The summed E-state index contributed by atoms with van der Waals surface area (Å²) in [6.07, 6.45) is 3.28. The Morgan fingerprint density at radius 3 is 2.14 bits per heavy atom. The van der Waals surface area contributed by atoms with Gasteiger partial charge in [0.15, 0.2) is 0 Å². The van der Waals surface area contributed by atoms with Crippen LogP contribution in [0, 0.1) is 19.0 Å². The van der Waals surface area contributed by atoms with E-state index >= 15 is 0 Å². The van der Waals surface area contributed by atoms with Gasteiger partial charge in [0.05, 0.1) is 11.3 Å². The number of hydrogen-bond acceptors (Lipinski definition) is 3. The van der Waals surface area contributed by atoms with Gasteiger partial charge in [-0.15, -0.1) is 48.0 Å². The van der Waals surface area contributed by atoms with Crippen LogP contribution in [0.5, 0.6) is 0 Å². The van der Waals surface area contributed by atoms with E-state index in [4.69, 9.17) is 8.53 Å². The smallest absolute Gasteiger partial charge is 0.0914 e. The quantitative estimate of drug-likeness (QED) is 0.164. The molecular formula is C40H32IrN2O-2. The van der Waals surface area contributed by atoms with Gasteiger partial charge in [0.2, 0.25) is 0 Å². The topological polar surface area (TPSA) is 38.9 Å². The number of aromatic nitrogens is 2. The van der Waals surface area contributed by atoms with Crippen LogP contribution in [0.3, 0.4) is 0 Å². The fraction of sp³-hybridized carbons (Fsp3) is 0.100. The van der Waals surface area contributed by atoms with Gasteiger partial charge in [0.25, 0.3) is 0 Å². The van der Waals surface area contributed by atoms with Crippen molar-refractivity contribution in [1.82, 2.24) is 9.97 Å². The van der Waals surface area contributed by atoms with Crippen molar-refractivity contribution < 1.29 is 28.6 Å². The number of fused-ring (bicyclic) bond motifs is 1. The molecule has 0 atom stereocenters. The van der Waals surface area contributed by atoms with Crippen molar-refractivity contribution in [2.45, 2.75) is 26.6 Å². The number of aryl methyl sites for hydroxylation is 1. The number of benzene rings is 4. The fourth-order valence-electron chi connectivity index (χ4n) is 4.85. The molecule has 7 aromatic rings. The second-order valence-electron chi connectivity index (χ2n) is 10.5. The number of rotatable bonds is 5. The molecule has 0 saturated carbocycles. The van der Waals surface area contributed by atoms with E-state index in [1.54, 1.807) is 18.2 Å². The average Bonchev–Trinajstić information content (AvgIpc) is 3.54. The standard InChI is InChI=1S/C28H22NO.C12H10N.Ir/c1-19(2)22-13-14-29-26(17-22)23-15-24-18-27(21-11-7-4-8-12-21)30-28(24)25(16-23)20-9-5-3-6-10-20;1-10-7-8-12(13-9-10)11-5-3-2-4-6-11;/h3-14,16-19H,1-2H3;2-5,7-9H,1H3;/q2*-1;/i;1D3;. The van der Waals surface area contributed by atoms with Crippen LogP contribution in [-0.4, -0.2) is 9.97 Å². The first-order valence-corrected chi connectivity index (χ1v) is 14.3. The zero-order valence-electron chi connectivity index (χ0n) is 27.4. The van der Waals surface area contributed by atoms with Crippen LogP contribution < -0.4 is 0 Å². The Hall–Kier alpha value is -4.63. The van der Waals surface area contributed by atoms with Crippen molar-refractivity contribution in [1.29, 1.82) is 0 Å². The van der Waals surface area contributed by atoms with E-state index in [-0.39, 0.29) is 25.7 Å². The Labute approximate surface area is 277 Å². The number of nitrogens with zero attached hydrogens (tertiary/aromatic N) is 2. The number of furan rings is 1. The van der Waals surface area contributed by atoms with Gasteiger partial charge in [-0.2, -0.15) is 0 Å². The summed E-state index contributed by atoms with van der Waals surface area (Å²) in [4.78, 5) is 8.76. The Morgan fingerprint density at radius 1 is 0.727 bits per heavy atom. The molecule has 219 valence electrons. The van der Waals surface area contributed by atoms with Crippen LogP contribution in [0.1, 0.15) is 35.0 Å². The minimum Gasteiger partial charge on any atom is -0.499 e. The molecule has 4 aromatic carbocycles. The van der Waals surface area contributed by atoms with Crippen molar-refractivity contribution in [2.75, 3.05) is 0 Å². The minimum atomic E-state index is -2.09. The first-order valence-electron chi connectivity index (χ1n) is 15.8. The van der Waals surface area contributed by atoms with Crippen molar-refractivity contribution in [2.24, 2.45) is 0 Å². The molecule has 0 fully saturated rings. The molecule has 3 aromatic heterocycles. The largest absolute Gasteiger partial charge is 0.499 e. The van der Waals surface area contributed by atoms with Gasteiger partial charge in [-0.3, -0.25) is 4.98 Å². The van der Waals surface area contributed by atoms with E-state index < -0.39 is 6.85 Å². The molecule has 0 spiro atoms. The van der Waals surface area contributed by atoms with Gasteiger partial charge in [0.1, 0.15) is 0 Å².